The predicted octanol–water partition coefficient (Wildman–Crippen LogP) is 3.64. The summed E-state index contributed by atoms with van der Waals surface area (Å²) in [5, 5.41) is 2.84. The Morgan fingerprint density at radius 2 is 2.04 bits per heavy atom. The van der Waals surface area contributed by atoms with Crippen molar-refractivity contribution in [3.8, 4) is 5.75 Å². The summed E-state index contributed by atoms with van der Waals surface area (Å²) in [5.74, 6) is -0.368. The molecule has 136 valence electrons. The first-order chi connectivity index (χ1) is 12.1. The molecule has 1 aromatic carbocycles. The molecule has 0 fully saturated rings. The van der Waals surface area contributed by atoms with Crippen LogP contribution in [0.5, 0.6) is 5.75 Å². The largest absolute Gasteiger partial charge is 0.493 e. The lowest BCUT2D eigenvalue weighted by molar-refractivity contribution is -0.129. The molecule has 0 saturated carbocycles. The zero-order valence-corrected chi connectivity index (χ0v) is 15.0. The number of carbonyl (C=O) groups excluding carboxylic acids is 2. The van der Waals surface area contributed by atoms with Crippen LogP contribution in [0.1, 0.15) is 56.3 Å². The number of allylic oxidation sites excluding steroid dienone is 1. The molecule has 0 aromatic heterocycles. The molecule has 0 heterocycles. The molecule has 1 aromatic rings. The summed E-state index contributed by atoms with van der Waals surface area (Å²) in [6, 6.07) is 6.87. The van der Waals surface area contributed by atoms with Crippen LogP contribution in [0, 0.1) is 0 Å². The van der Waals surface area contributed by atoms with E-state index in [1.807, 2.05) is 6.92 Å². The number of amides is 1. The van der Waals surface area contributed by atoms with Crippen LogP contribution in [0.2, 0.25) is 0 Å². The van der Waals surface area contributed by atoms with Gasteiger partial charge in [0.25, 0.3) is 5.91 Å². The number of carbonyl (C=O) groups is 2. The molecule has 0 spiro atoms. The van der Waals surface area contributed by atoms with E-state index in [9.17, 15) is 9.59 Å². The number of ether oxygens (including phenoxy) is 2. The average Bonchev–Trinajstić information content (AvgIpc) is 2.63. The molecule has 1 aliphatic carbocycles. The van der Waals surface area contributed by atoms with Gasteiger partial charge in [-0.3, -0.25) is 4.79 Å². The number of para-hydroxylation sites is 1. The van der Waals surface area contributed by atoms with Gasteiger partial charge in [-0.2, -0.15) is 0 Å². The van der Waals surface area contributed by atoms with Gasteiger partial charge in [0.2, 0.25) is 0 Å². The first-order valence-corrected chi connectivity index (χ1v) is 9.00. The zero-order chi connectivity index (χ0) is 18.1. The van der Waals surface area contributed by atoms with E-state index in [1.54, 1.807) is 31.2 Å². The Kier molecular flexibility index (Phi) is 7.51. The summed E-state index contributed by atoms with van der Waals surface area (Å²) < 4.78 is 10.7. The maximum Gasteiger partial charge on any atom is 0.342 e. The topological polar surface area (TPSA) is 64.6 Å². The average molecular weight is 345 g/mol. The number of nitrogens with one attached hydrogen (secondary N) is 1. The van der Waals surface area contributed by atoms with Gasteiger partial charge in [0.15, 0.2) is 6.10 Å². The SMILES string of the molecule is CCOc1ccccc1C(=O)O[C@H](C)C(=O)NCCC1=CCCCC1. The highest BCUT2D eigenvalue weighted by Crippen LogP contribution is 2.20. The highest BCUT2D eigenvalue weighted by atomic mass is 16.5. The van der Waals surface area contributed by atoms with Crippen LogP contribution in [0.25, 0.3) is 0 Å². The lowest BCUT2D eigenvalue weighted by Gasteiger charge is -2.16. The van der Waals surface area contributed by atoms with E-state index in [4.69, 9.17) is 9.47 Å². The third-order valence-corrected chi connectivity index (χ3v) is 4.19. The van der Waals surface area contributed by atoms with Gasteiger partial charge >= 0.3 is 5.97 Å². The van der Waals surface area contributed by atoms with Crippen molar-refractivity contribution >= 4 is 11.9 Å². The lowest BCUT2D eigenvalue weighted by atomic mass is 9.97. The standard InChI is InChI=1S/C20H27NO4/c1-3-24-18-12-8-7-11-17(18)20(23)25-15(2)19(22)21-14-13-16-9-5-4-6-10-16/h7-9,11-12,15H,3-6,10,13-14H2,1-2H3,(H,21,22)/t15-/m1/s1. The van der Waals surface area contributed by atoms with Gasteiger partial charge < -0.3 is 14.8 Å². The summed E-state index contributed by atoms with van der Waals surface area (Å²) in [6.45, 7) is 4.45. The van der Waals surface area contributed by atoms with Crippen LogP contribution in [0.15, 0.2) is 35.9 Å². The first-order valence-electron chi connectivity index (χ1n) is 9.00. The second-order valence-electron chi connectivity index (χ2n) is 6.13. The highest BCUT2D eigenvalue weighted by molar-refractivity contribution is 5.94. The molecule has 0 bridgehead atoms. The molecule has 1 aliphatic rings. The van der Waals surface area contributed by atoms with E-state index in [1.165, 1.54) is 18.4 Å². The number of rotatable bonds is 8. The van der Waals surface area contributed by atoms with Crippen molar-refractivity contribution in [1.82, 2.24) is 5.32 Å². The molecule has 2 rings (SSSR count). The van der Waals surface area contributed by atoms with Gasteiger partial charge in [-0.1, -0.05) is 23.8 Å². The van der Waals surface area contributed by atoms with Crippen molar-refractivity contribution in [3.63, 3.8) is 0 Å². The molecule has 1 amide bonds. The molecule has 1 atom stereocenters. The van der Waals surface area contributed by atoms with Crippen molar-refractivity contribution in [2.75, 3.05) is 13.2 Å². The predicted molar refractivity (Wildman–Crippen MR) is 96.7 cm³/mol. The summed E-state index contributed by atoms with van der Waals surface area (Å²) in [5.41, 5.74) is 1.73. The minimum atomic E-state index is -0.845. The van der Waals surface area contributed by atoms with Crippen molar-refractivity contribution in [2.45, 2.75) is 52.1 Å². The Morgan fingerprint density at radius 1 is 1.24 bits per heavy atom. The van der Waals surface area contributed by atoms with Gasteiger partial charge in [0.05, 0.1) is 6.61 Å². The monoisotopic (exact) mass is 345 g/mol. The maximum atomic E-state index is 12.3. The summed E-state index contributed by atoms with van der Waals surface area (Å²) in [6.07, 6.45) is 7.02. The van der Waals surface area contributed by atoms with Crippen LogP contribution < -0.4 is 10.1 Å². The minimum Gasteiger partial charge on any atom is -0.493 e. The molecule has 5 nitrogen and oxygen atoms in total. The van der Waals surface area contributed by atoms with Gasteiger partial charge in [-0.25, -0.2) is 4.79 Å². The summed E-state index contributed by atoms with van der Waals surface area (Å²) in [4.78, 5) is 24.4. The van der Waals surface area contributed by atoms with E-state index in [0.717, 1.165) is 19.3 Å². The maximum absolute atomic E-state index is 12.3. The highest BCUT2D eigenvalue weighted by Gasteiger charge is 2.21. The fraction of sp³-hybridized carbons (Fsp3) is 0.500. The van der Waals surface area contributed by atoms with Gasteiger partial charge in [-0.05, 0) is 58.1 Å². The molecule has 0 saturated heterocycles. The molecule has 5 heteroatoms. The fourth-order valence-electron chi connectivity index (χ4n) is 2.82. The van der Waals surface area contributed by atoms with E-state index >= 15 is 0 Å². The summed E-state index contributed by atoms with van der Waals surface area (Å²) >= 11 is 0. The Morgan fingerprint density at radius 3 is 2.76 bits per heavy atom. The van der Waals surface area contributed by atoms with Crippen LogP contribution in [0.4, 0.5) is 0 Å². The van der Waals surface area contributed by atoms with E-state index in [2.05, 4.69) is 11.4 Å². The summed E-state index contributed by atoms with van der Waals surface area (Å²) in [7, 11) is 0. The Bertz CT molecular complexity index is 624. The lowest BCUT2D eigenvalue weighted by Crippen LogP contribution is -2.36. The minimum absolute atomic E-state index is 0.279. The second-order valence-corrected chi connectivity index (χ2v) is 6.13. The molecule has 25 heavy (non-hydrogen) atoms. The third-order valence-electron chi connectivity index (χ3n) is 4.19. The normalized spacial score (nSPS) is 15.0. The number of benzene rings is 1. The van der Waals surface area contributed by atoms with Crippen LogP contribution in [0.3, 0.4) is 0 Å². The van der Waals surface area contributed by atoms with E-state index < -0.39 is 12.1 Å². The number of esters is 1. The van der Waals surface area contributed by atoms with Crippen LogP contribution in [-0.4, -0.2) is 31.1 Å². The van der Waals surface area contributed by atoms with E-state index in [0.29, 0.717) is 24.5 Å². The zero-order valence-electron chi connectivity index (χ0n) is 15.0. The first kappa shape index (κ1) is 19.0. The third kappa shape index (κ3) is 5.93. The van der Waals surface area contributed by atoms with Crippen molar-refractivity contribution in [1.29, 1.82) is 0 Å². The smallest absolute Gasteiger partial charge is 0.342 e. The molecular weight excluding hydrogens is 318 g/mol. The molecule has 0 unspecified atom stereocenters. The molecule has 0 radical (unpaired) electrons. The Hall–Kier alpha value is -2.30. The second kappa shape index (κ2) is 9.87. The number of hydrogen-bond donors (Lipinski definition) is 1. The van der Waals surface area contributed by atoms with Gasteiger partial charge in [0.1, 0.15) is 11.3 Å². The number of hydrogen-bond acceptors (Lipinski definition) is 4. The molecule has 0 aliphatic heterocycles. The van der Waals surface area contributed by atoms with Crippen molar-refractivity contribution in [2.24, 2.45) is 0 Å². The quantitative estimate of drug-likeness (QED) is 0.577. The fourth-order valence-corrected chi connectivity index (χ4v) is 2.82. The van der Waals surface area contributed by atoms with Gasteiger partial charge in [0, 0.05) is 6.54 Å². The molecule has 1 N–H and O–H groups in total. The van der Waals surface area contributed by atoms with Crippen LogP contribution in [-0.2, 0) is 9.53 Å². The van der Waals surface area contributed by atoms with Gasteiger partial charge in [-0.15, -0.1) is 0 Å². The van der Waals surface area contributed by atoms with Crippen molar-refractivity contribution < 1.29 is 19.1 Å². The van der Waals surface area contributed by atoms with Crippen molar-refractivity contribution in [3.05, 3.63) is 41.5 Å². The molecular formula is C20H27NO4. The Labute approximate surface area is 149 Å². The van der Waals surface area contributed by atoms with Crippen LogP contribution >= 0.6 is 0 Å². The van der Waals surface area contributed by atoms with E-state index in [-0.39, 0.29) is 5.91 Å². The Balaban J connectivity index is 1.81.